The zero-order valence-corrected chi connectivity index (χ0v) is 18.9. The maximum Gasteiger partial charge on any atom is 0.416 e. The monoisotopic (exact) mass is 490 g/mol. The third-order valence-corrected chi connectivity index (χ3v) is 5.61. The molecule has 1 aromatic heterocycles. The van der Waals surface area contributed by atoms with Crippen LogP contribution in [0.3, 0.4) is 0 Å². The smallest absolute Gasteiger partial charge is 0.416 e. The van der Waals surface area contributed by atoms with Gasteiger partial charge in [0.15, 0.2) is 10.9 Å². The number of benzene rings is 2. The predicted octanol–water partition coefficient (Wildman–Crippen LogP) is 4.65. The molecular weight excluding hydrogens is 469 g/mol. The van der Waals surface area contributed by atoms with E-state index < -0.39 is 17.6 Å². The summed E-state index contributed by atoms with van der Waals surface area (Å²) in [7, 11) is 1.54. The van der Waals surface area contributed by atoms with Gasteiger partial charge in [-0.3, -0.25) is 9.59 Å². The average molecular weight is 491 g/mol. The van der Waals surface area contributed by atoms with Crippen LogP contribution in [0.5, 0.6) is 5.75 Å². The molecule has 1 heterocycles. The Morgan fingerprint density at radius 2 is 1.91 bits per heavy atom. The number of nitrogens with zero attached hydrogens (tertiary/aromatic N) is 3. The second-order valence-electron chi connectivity index (χ2n) is 7.04. The number of methoxy groups -OCH3 is 1. The molecule has 3 rings (SSSR count). The summed E-state index contributed by atoms with van der Waals surface area (Å²) in [5.41, 5.74) is -0.321. The zero-order valence-electron chi connectivity index (χ0n) is 18.1. The Bertz CT molecular complexity index is 1180. The van der Waals surface area contributed by atoms with Gasteiger partial charge in [0.25, 0.3) is 0 Å². The van der Waals surface area contributed by atoms with E-state index in [4.69, 9.17) is 4.74 Å². The van der Waals surface area contributed by atoms with Crippen molar-refractivity contribution in [2.75, 3.05) is 18.2 Å². The summed E-state index contributed by atoms with van der Waals surface area (Å²) in [6.07, 6.45) is -3.14. The number of allylic oxidation sites excluding steroid dienone is 1. The van der Waals surface area contributed by atoms with Crippen LogP contribution in [-0.2, 0) is 23.9 Å². The van der Waals surface area contributed by atoms with Crippen LogP contribution in [-0.4, -0.2) is 39.3 Å². The number of aromatic nitrogens is 3. The maximum absolute atomic E-state index is 12.9. The van der Waals surface area contributed by atoms with Crippen molar-refractivity contribution in [3.8, 4) is 5.75 Å². The average Bonchev–Trinajstić information content (AvgIpc) is 3.18. The third-order valence-electron chi connectivity index (χ3n) is 4.64. The number of Topliss-reactive ketones (excluding diaryl/α,β-unsaturated/α-hetero) is 1. The molecule has 0 saturated heterocycles. The van der Waals surface area contributed by atoms with Crippen molar-refractivity contribution in [1.29, 1.82) is 0 Å². The number of ether oxygens (including phenoxy) is 1. The molecule has 178 valence electrons. The minimum atomic E-state index is -4.51. The highest BCUT2D eigenvalue weighted by Crippen LogP contribution is 2.30. The normalized spacial score (nSPS) is 11.2. The fraction of sp³-hybridized carbons (Fsp3) is 0.217. The van der Waals surface area contributed by atoms with Gasteiger partial charge < -0.3 is 14.6 Å². The van der Waals surface area contributed by atoms with E-state index in [-0.39, 0.29) is 30.2 Å². The summed E-state index contributed by atoms with van der Waals surface area (Å²) in [6.45, 7) is 3.97. The minimum Gasteiger partial charge on any atom is -0.497 e. The van der Waals surface area contributed by atoms with E-state index in [0.717, 1.165) is 23.9 Å². The zero-order chi connectivity index (χ0) is 24.7. The fourth-order valence-electron chi connectivity index (χ4n) is 2.98. The second kappa shape index (κ2) is 11.0. The molecule has 1 N–H and O–H groups in total. The molecule has 0 radical (unpaired) electrons. The number of nitrogens with one attached hydrogen (secondary N) is 1. The molecular formula is C23H21F3N4O3S. The van der Waals surface area contributed by atoms with Gasteiger partial charge in [-0.05, 0) is 42.5 Å². The Morgan fingerprint density at radius 3 is 2.56 bits per heavy atom. The number of thioether (sulfide) groups is 1. The third kappa shape index (κ3) is 6.47. The summed E-state index contributed by atoms with van der Waals surface area (Å²) in [5.74, 6) is 0.359. The number of rotatable bonds is 10. The van der Waals surface area contributed by atoms with Crippen LogP contribution < -0.4 is 10.1 Å². The number of hydrogen-bond acceptors (Lipinski definition) is 6. The summed E-state index contributed by atoms with van der Waals surface area (Å²) >= 11 is 1.16. The van der Waals surface area contributed by atoms with Crippen molar-refractivity contribution in [1.82, 2.24) is 14.8 Å². The number of carbonyl (C=O) groups is 2. The van der Waals surface area contributed by atoms with E-state index in [1.165, 1.54) is 19.2 Å². The molecule has 1 amide bonds. The highest BCUT2D eigenvalue weighted by atomic mass is 32.2. The van der Waals surface area contributed by atoms with Crippen LogP contribution in [0.4, 0.5) is 18.9 Å². The molecule has 0 aliphatic carbocycles. The van der Waals surface area contributed by atoms with Gasteiger partial charge in [0.1, 0.15) is 11.6 Å². The van der Waals surface area contributed by atoms with Crippen LogP contribution in [0, 0.1) is 0 Å². The Hall–Kier alpha value is -3.60. The molecule has 3 aromatic rings. The molecule has 34 heavy (non-hydrogen) atoms. The quantitative estimate of drug-likeness (QED) is 0.253. The Balaban J connectivity index is 1.66. The van der Waals surface area contributed by atoms with E-state index >= 15 is 0 Å². The highest BCUT2D eigenvalue weighted by Gasteiger charge is 2.30. The van der Waals surface area contributed by atoms with E-state index in [2.05, 4.69) is 22.1 Å². The number of halogens is 3. The SMILES string of the molecule is C=CCn1c(CC(=O)Nc2cccc(C(F)(F)F)c2)nnc1SCC(=O)c1ccc(OC)cc1. The van der Waals surface area contributed by atoms with Crippen molar-refractivity contribution in [2.45, 2.75) is 24.3 Å². The number of ketones is 1. The van der Waals surface area contributed by atoms with Crippen LogP contribution in [0.1, 0.15) is 21.7 Å². The lowest BCUT2D eigenvalue weighted by Gasteiger charge is -2.10. The van der Waals surface area contributed by atoms with Gasteiger partial charge in [-0.25, -0.2) is 0 Å². The van der Waals surface area contributed by atoms with Gasteiger partial charge in [-0.15, -0.1) is 16.8 Å². The first kappa shape index (κ1) is 25.0. The van der Waals surface area contributed by atoms with Crippen molar-refractivity contribution >= 4 is 29.1 Å². The molecule has 7 nitrogen and oxygen atoms in total. The Labute approximate surface area is 198 Å². The summed E-state index contributed by atoms with van der Waals surface area (Å²) in [6, 6.07) is 11.1. The van der Waals surface area contributed by atoms with Gasteiger partial charge >= 0.3 is 6.18 Å². The van der Waals surface area contributed by atoms with Crippen molar-refractivity contribution < 1.29 is 27.5 Å². The lowest BCUT2D eigenvalue weighted by atomic mass is 10.1. The molecule has 0 bridgehead atoms. The molecule has 2 aromatic carbocycles. The number of carbonyl (C=O) groups excluding carboxylic acids is 2. The van der Waals surface area contributed by atoms with Gasteiger partial charge in [0, 0.05) is 17.8 Å². The van der Waals surface area contributed by atoms with Gasteiger partial charge in [0.2, 0.25) is 5.91 Å². The van der Waals surface area contributed by atoms with E-state index in [0.29, 0.717) is 22.3 Å². The minimum absolute atomic E-state index is 0.0225. The van der Waals surface area contributed by atoms with E-state index in [1.54, 1.807) is 34.9 Å². The van der Waals surface area contributed by atoms with Gasteiger partial charge in [-0.1, -0.05) is 23.9 Å². The highest BCUT2D eigenvalue weighted by molar-refractivity contribution is 7.99. The van der Waals surface area contributed by atoms with Crippen molar-refractivity contribution in [2.24, 2.45) is 0 Å². The maximum atomic E-state index is 12.9. The number of amides is 1. The molecule has 0 aliphatic rings. The molecule has 0 atom stereocenters. The van der Waals surface area contributed by atoms with Crippen molar-refractivity contribution in [3.63, 3.8) is 0 Å². The standard InChI is InChI=1S/C23H21F3N4O3S/c1-3-11-30-20(13-21(32)27-17-6-4-5-16(12-17)23(24,25)26)28-29-22(30)34-14-19(31)15-7-9-18(33-2)10-8-15/h3-10,12H,1,11,13-14H2,2H3,(H,27,32). The van der Waals surface area contributed by atoms with Crippen LogP contribution in [0.25, 0.3) is 0 Å². The van der Waals surface area contributed by atoms with Gasteiger partial charge in [-0.2, -0.15) is 13.2 Å². The molecule has 0 saturated carbocycles. The lowest BCUT2D eigenvalue weighted by molar-refractivity contribution is -0.137. The first-order valence-electron chi connectivity index (χ1n) is 10.0. The first-order chi connectivity index (χ1) is 16.2. The number of hydrogen-bond donors (Lipinski definition) is 1. The summed E-state index contributed by atoms with van der Waals surface area (Å²) < 4.78 is 45.4. The summed E-state index contributed by atoms with van der Waals surface area (Å²) in [4.78, 5) is 24.9. The van der Waals surface area contributed by atoms with Crippen molar-refractivity contribution in [3.05, 3.63) is 78.1 Å². The Morgan fingerprint density at radius 1 is 1.18 bits per heavy atom. The largest absolute Gasteiger partial charge is 0.497 e. The van der Waals surface area contributed by atoms with Crippen LogP contribution >= 0.6 is 11.8 Å². The predicted molar refractivity (Wildman–Crippen MR) is 122 cm³/mol. The second-order valence-corrected chi connectivity index (χ2v) is 7.98. The molecule has 0 unspecified atom stereocenters. The first-order valence-corrected chi connectivity index (χ1v) is 11.0. The van der Waals surface area contributed by atoms with E-state index in [1.807, 2.05) is 0 Å². The Kier molecular flexibility index (Phi) is 8.11. The fourth-order valence-corrected chi connectivity index (χ4v) is 3.84. The van der Waals surface area contributed by atoms with Crippen LogP contribution in [0.2, 0.25) is 0 Å². The molecule has 11 heteroatoms. The number of alkyl halides is 3. The molecule has 0 spiro atoms. The van der Waals surface area contributed by atoms with Gasteiger partial charge in [0.05, 0.1) is 24.8 Å². The van der Waals surface area contributed by atoms with Crippen LogP contribution in [0.15, 0.2) is 66.3 Å². The topological polar surface area (TPSA) is 86.1 Å². The lowest BCUT2D eigenvalue weighted by Crippen LogP contribution is -2.18. The molecule has 0 fully saturated rings. The van der Waals surface area contributed by atoms with E-state index in [9.17, 15) is 22.8 Å². The number of anilines is 1. The molecule has 0 aliphatic heterocycles. The summed E-state index contributed by atoms with van der Waals surface area (Å²) in [5, 5.41) is 10.9.